The number of morpholine rings is 1. The Bertz CT molecular complexity index is 858. The number of ether oxygens (including phenoxy) is 2. The Kier molecular flexibility index (Phi) is 4.59. The maximum absolute atomic E-state index is 5.94. The average Bonchev–Trinajstić information content (AvgIpc) is 2.69. The second kappa shape index (κ2) is 7.17. The van der Waals surface area contributed by atoms with Crippen LogP contribution in [-0.4, -0.2) is 36.8 Å². The first-order valence-electron chi connectivity index (χ1n) is 8.54. The Morgan fingerprint density at radius 2 is 1.84 bits per heavy atom. The second-order valence-corrected chi connectivity index (χ2v) is 6.13. The first-order chi connectivity index (χ1) is 12.3. The Labute approximate surface area is 147 Å². The van der Waals surface area contributed by atoms with Crippen LogP contribution in [-0.2, 0) is 11.2 Å². The highest BCUT2D eigenvalue weighted by Gasteiger charge is 2.22. The predicted molar refractivity (Wildman–Crippen MR) is 96.9 cm³/mol. The van der Waals surface area contributed by atoms with Crippen molar-refractivity contribution in [3.63, 3.8) is 0 Å². The lowest BCUT2D eigenvalue weighted by Gasteiger charge is -2.25. The molecule has 1 fully saturated rings. The highest BCUT2D eigenvalue weighted by atomic mass is 16.5. The van der Waals surface area contributed by atoms with Crippen LogP contribution in [0.4, 0.5) is 0 Å². The van der Waals surface area contributed by atoms with Gasteiger partial charge in [0.05, 0.1) is 36.1 Å². The van der Waals surface area contributed by atoms with Gasteiger partial charge in [0, 0.05) is 19.5 Å². The van der Waals surface area contributed by atoms with E-state index in [4.69, 9.17) is 19.4 Å². The number of para-hydroxylation sites is 2. The van der Waals surface area contributed by atoms with Crippen LogP contribution in [0.2, 0.25) is 0 Å². The van der Waals surface area contributed by atoms with Gasteiger partial charge in [-0.25, -0.2) is 9.97 Å². The summed E-state index contributed by atoms with van der Waals surface area (Å²) >= 11 is 0. The molecule has 0 bridgehead atoms. The lowest BCUT2D eigenvalue weighted by molar-refractivity contribution is 0.0244. The average molecular weight is 335 g/mol. The molecule has 5 nitrogen and oxygen atoms in total. The van der Waals surface area contributed by atoms with Gasteiger partial charge in [0.2, 0.25) is 0 Å². The van der Waals surface area contributed by atoms with Gasteiger partial charge in [0.1, 0.15) is 11.9 Å². The molecule has 1 unspecified atom stereocenters. The largest absolute Gasteiger partial charge is 0.497 e. The van der Waals surface area contributed by atoms with E-state index in [2.05, 4.69) is 17.4 Å². The maximum atomic E-state index is 5.94. The minimum Gasteiger partial charge on any atom is -0.497 e. The van der Waals surface area contributed by atoms with E-state index in [1.165, 1.54) is 5.56 Å². The number of methoxy groups -OCH3 is 1. The molecule has 1 aliphatic heterocycles. The smallest absolute Gasteiger partial charge is 0.118 e. The predicted octanol–water partition coefficient (Wildman–Crippen LogP) is 2.89. The summed E-state index contributed by atoms with van der Waals surface area (Å²) in [5.74, 6) is 0.855. The lowest BCUT2D eigenvalue weighted by atomic mass is 10.0. The van der Waals surface area contributed by atoms with Gasteiger partial charge >= 0.3 is 0 Å². The van der Waals surface area contributed by atoms with Gasteiger partial charge in [-0.2, -0.15) is 0 Å². The van der Waals surface area contributed by atoms with E-state index >= 15 is 0 Å². The number of fused-ring (bicyclic) bond motifs is 1. The van der Waals surface area contributed by atoms with E-state index in [0.717, 1.165) is 47.7 Å². The summed E-state index contributed by atoms with van der Waals surface area (Å²) < 4.78 is 11.2. The summed E-state index contributed by atoms with van der Waals surface area (Å²) in [5.41, 5.74) is 4.90. The third kappa shape index (κ3) is 3.48. The summed E-state index contributed by atoms with van der Waals surface area (Å²) in [6.45, 7) is 2.34. The fraction of sp³-hybridized carbons (Fsp3) is 0.300. The van der Waals surface area contributed by atoms with Crippen LogP contribution in [0.25, 0.3) is 11.0 Å². The van der Waals surface area contributed by atoms with Gasteiger partial charge in [-0.15, -0.1) is 0 Å². The Morgan fingerprint density at radius 1 is 1.08 bits per heavy atom. The van der Waals surface area contributed by atoms with Crippen molar-refractivity contribution in [2.75, 3.05) is 26.8 Å². The van der Waals surface area contributed by atoms with Crippen molar-refractivity contribution in [3.05, 3.63) is 65.5 Å². The molecule has 2 aromatic carbocycles. The number of benzene rings is 2. The molecule has 0 spiro atoms. The van der Waals surface area contributed by atoms with Gasteiger partial charge in [0.15, 0.2) is 0 Å². The third-order valence-electron chi connectivity index (χ3n) is 4.44. The van der Waals surface area contributed by atoms with Crippen LogP contribution in [0, 0.1) is 0 Å². The number of nitrogens with one attached hydrogen (secondary N) is 1. The molecule has 2 heterocycles. The summed E-state index contributed by atoms with van der Waals surface area (Å²) in [4.78, 5) is 9.76. The molecule has 128 valence electrons. The number of hydrogen-bond donors (Lipinski definition) is 1. The van der Waals surface area contributed by atoms with Crippen molar-refractivity contribution < 1.29 is 9.47 Å². The molecule has 25 heavy (non-hydrogen) atoms. The van der Waals surface area contributed by atoms with Gasteiger partial charge in [-0.3, -0.25) is 0 Å². The normalized spacial score (nSPS) is 17.6. The Hall–Kier alpha value is -2.50. The van der Waals surface area contributed by atoms with E-state index < -0.39 is 0 Å². The van der Waals surface area contributed by atoms with Crippen molar-refractivity contribution in [2.45, 2.75) is 12.5 Å². The fourth-order valence-electron chi connectivity index (χ4n) is 3.12. The molecule has 1 aromatic heterocycles. The minimum absolute atomic E-state index is 0.0564. The molecule has 4 rings (SSSR count). The van der Waals surface area contributed by atoms with Gasteiger partial charge < -0.3 is 14.8 Å². The SMILES string of the molecule is COc1ccc(Cc2nc3ccccc3nc2C2CNCCO2)cc1. The molecule has 3 aromatic rings. The van der Waals surface area contributed by atoms with Crippen LogP contribution < -0.4 is 10.1 Å². The van der Waals surface area contributed by atoms with E-state index in [-0.39, 0.29) is 6.10 Å². The van der Waals surface area contributed by atoms with E-state index in [0.29, 0.717) is 6.61 Å². The van der Waals surface area contributed by atoms with Crippen molar-refractivity contribution in [1.29, 1.82) is 0 Å². The van der Waals surface area contributed by atoms with Crippen molar-refractivity contribution in [1.82, 2.24) is 15.3 Å². The zero-order chi connectivity index (χ0) is 17.1. The molecule has 0 amide bonds. The summed E-state index contributed by atoms with van der Waals surface area (Å²) in [6.07, 6.45) is 0.663. The quantitative estimate of drug-likeness (QED) is 0.794. The van der Waals surface area contributed by atoms with Crippen LogP contribution >= 0.6 is 0 Å². The fourth-order valence-corrected chi connectivity index (χ4v) is 3.12. The van der Waals surface area contributed by atoms with Crippen LogP contribution in [0.15, 0.2) is 48.5 Å². The van der Waals surface area contributed by atoms with Crippen LogP contribution in [0.3, 0.4) is 0 Å². The number of nitrogens with zero attached hydrogens (tertiary/aromatic N) is 2. The molecule has 1 saturated heterocycles. The summed E-state index contributed by atoms with van der Waals surface area (Å²) in [5, 5.41) is 3.38. The zero-order valence-electron chi connectivity index (χ0n) is 14.2. The molecule has 1 aliphatic rings. The number of rotatable bonds is 4. The first-order valence-corrected chi connectivity index (χ1v) is 8.54. The zero-order valence-corrected chi connectivity index (χ0v) is 14.2. The van der Waals surface area contributed by atoms with Crippen LogP contribution in [0.5, 0.6) is 5.75 Å². The maximum Gasteiger partial charge on any atom is 0.118 e. The molecular weight excluding hydrogens is 314 g/mol. The highest BCUT2D eigenvalue weighted by Crippen LogP contribution is 2.25. The minimum atomic E-state index is -0.0564. The molecule has 0 saturated carbocycles. The van der Waals surface area contributed by atoms with Crippen molar-refractivity contribution >= 4 is 11.0 Å². The van der Waals surface area contributed by atoms with Crippen molar-refractivity contribution in [2.24, 2.45) is 0 Å². The number of aromatic nitrogens is 2. The Morgan fingerprint density at radius 3 is 2.52 bits per heavy atom. The highest BCUT2D eigenvalue weighted by molar-refractivity contribution is 5.74. The third-order valence-corrected chi connectivity index (χ3v) is 4.44. The standard InChI is InChI=1S/C20H21N3O2/c1-24-15-8-6-14(7-9-15)12-18-20(19-13-21-10-11-25-19)23-17-5-3-2-4-16(17)22-18/h2-9,19,21H,10-13H2,1H3. The van der Waals surface area contributed by atoms with E-state index in [1.807, 2.05) is 36.4 Å². The van der Waals surface area contributed by atoms with Crippen molar-refractivity contribution in [3.8, 4) is 5.75 Å². The lowest BCUT2D eigenvalue weighted by Crippen LogP contribution is -2.34. The monoisotopic (exact) mass is 335 g/mol. The van der Waals surface area contributed by atoms with E-state index in [1.54, 1.807) is 7.11 Å². The summed E-state index contributed by atoms with van der Waals surface area (Å²) in [6, 6.07) is 16.1. The molecule has 0 aliphatic carbocycles. The second-order valence-electron chi connectivity index (χ2n) is 6.13. The summed E-state index contributed by atoms with van der Waals surface area (Å²) in [7, 11) is 1.68. The molecule has 1 atom stereocenters. The topological polar surface area (TPSA) is 56.3 Å². The number of hydrogen-bond acceptors (Lipinski definition) is 5. The van der Waals surface area contributed by atoms with Crippen LogP contribution in [0.1, 0.15) is 23.1 Å². The molecular formula is C20H21N3O2. The first kappa shape index (κ1) is 16.0. The van der Waals surface area contributed by atoms with E-state index in [9.17, 15) is 0 Å². The molecule has 0 radical (unpaired) electrons. The molecule has 1 N–H and O–H groups in total. The molecule has 5 heteroatoms. The van der Waals surface area contributed by atoms with Gasteiger partial charge in [0.25, 0.3) is 0 Å². The van der Waals surface area contributed by atoms with Gasteiger partial charge in [-0.05, 0) is 29.8 Å². The van der Waals surface area contributed by atoms with Gasteiger partial charge in [-0.1, -0.05) is 24.3 Å². The Balaban J connectivity index is 1.73.